The summed E-state index contributed by atoms with van der Waals surface area (Å²) in [6.07, 6.45) is 2.81. The van der Waals surface area contributed by atoms with Crippen LogP contribution in [0.3, 0.4) is 0 Å². The quantitative estimate of drug-likeness (QED) is 0.766. The van der Waals surface area contributed by atoms with Gasteiger partial charge in [-0.15, -0.1) is 11.3 Å². The van der Waals surface area contributed by atoms with Gasteiger partial charge in [-0.3, -0.25) is 0 Å². The summed E-state index contributed by atoms with van der Waals surface area (Å²) in [4.78, 5) is 5.49. The zero-order valence-electron chi connectivity index (χ0n) is 9.49. The average molecular weight is 314 g/mol. The standard InChI is InChI=1S/C13H13BrFNS/c1-9-16-8-13(17-9)6-11(7-14)10-3-2-4-12(15)5-10/h2-5,8,11H,6-7H2,1H3. The molecule has 0 spiro atoms. The first kappa shape index (κ1) is 12.7. The monoisotopic (exact) mass is 313 g/mol. The van der Waals surface area contributed by atoms with Crippen molar-refractivity contribution in [3.8, 4) is 0 Å². The molecule has 1 atom stereocenters. The van der Waals surface area contributed by atoms with Gasteiger partial charge in [0.15, 0.2) is 0 Å². The largest absolute Gasteiger partial charge is 0.250 e. The van der Waals surface area contributed by atoms with Crippen LogP contribution in [-0.2, 0) is 6.42 Å². The van der Waals surface area contributed by atoms with Gasteiger partial charge in [0.25, 0.3) is 0 Å². The summed E-state index contributed by atoms with van der Waals surface area (Å²) in [6.45, 7) is 2.00. The third-order valence-corrected chi connectivity index (χ3v) is 4.34. The van der Waals surface area contributed by atoms with E-state index in [9.17, 15) is 4.39 Å². The first-order valence-corrected chi connectivity index (χ1v) is 7.35. The normalized spacial score (nSPS) is 12.6. The van der Waals surface area contributed by atoms with Gasteiger partial charge in [0.2, 0.25) is 0 Å². The van der Waals surface area contributed by atoms with Crippen molar-refractivity contribution in [2.75, 3.05) is 5.33 Å². The van der Waals surface area contributed by atoms with Crippen LogP contribution in [-0.4, -0.2) is 10.3 Å². The van der Waals surface area contributed by atoms with E-state index in [1.807, 2.05) is 19.2 Å². The lowest BCUT2D eigenvalue weighted by Crippen LogP contribution is -2.03. The highest BCUT2D eigenvalue weighted by Gasteiger charge is 2.13. The summed E-state index contributed by atoms with van der Waals surface area (Å²) in [6, 6.07) is 6.83. The molecule has 1 nitrogen and oxygen atoms in total. The SMILES string of the molecule is Cc1ncc(CC(CBr)c2cccc(F)c2)s1. The van der Waals surface area contributed by atoms with Crippen molar-refractivity contribution in [1.29, 1.82) is 0 Å². The topological polar surface area (TPSA) is 12.9 Å². The molecule has 1 aromatic carbocycles. The number of benzene rings is 1. The van der Waals surface area contributed by atoms with Crippen LogP contribution in [0, 0.1) is 12.7 Å². The Morgan fingerprint density at radius 1 is 1.47 bits per heavy atom. The molecule has 0 bridgehead atoms. The van der Waals surface area contributed by atoms with Crippen LogP contribution in [0.25, 0.3) is 0 Å². The van der Waals surface area contributed by atoms with Crippen LogP contribution in [0.15, 0.2) is 30.5 Å². The number of hydrogen-bond donors (Lipinski definition) is 0. The van der Waals surface area contributed by atoms with Crippen LogP contribution < -0.4 is 0 Å². The van der Waals surface area contributed by atoms with Crippen molar-refractivity contribution in [2.45, 2.75) is 19.3 Å². The number of alkyl halides is 1. The van der Waals surface area contributed by atoms with E-state index in [1.54, 1.807) is 23.5 Å². The van der Waals surface area contributed by atoms with Crippen molar-refractivity contribution >= 4 is 27.3 Å². The predicted octanol–water partition coefficient (Wildman–Crippen LogP) is 4.31. The van der Waals surface area contributed by atoms with Gasteiger partial charge in [-0.2, -0.15) is 0 Å². The first-order valence-electron chi connectivity index (χ1n) is 5.42. The highest BCUT2D eigenvalue weighted by atomic mass is 79.9. The summed E-state index contributed by atoms with van der Waals surface area (Å²) >= 11 is 5.21. The van der Waals surface area contributed by atoms with Crippen molar-refractivity contribution in [1.82, 2.24) is 4.98 Å². The smallest absolute Gasteiger partial charge is 0.123 e. The molecule has 0 fully saturated rings. The molecule has 0 saturated heterocycles. The van der Waals surface area contributed by atoms with E-state index >= 15 is 0 Å². The van der Waals surface area contributed by atoms with Crippen LogP contribution >= 0.6 is 27.3 Å². The van der Waals surface area contributed by atoms with Crippen LogP contribution in [0.5, 0.6) is 0 Å². The zero-order valence-corrected chi connectivity index (χ0v) is 11.9. The van der Waals surface area contributed by atoms with Gasteiger partial charge in [0, 0.05) is 16.4 Å². The van der Waals surface area contributed by atoms with E-state index in [1.165, 1.54) is 10.9 Å². The lowest BCUT2D eigenvalue weighted by atomic mass is 9.97. The van der Waals surface area contributed by atoms with E-state index in [-0.39, 0.29) is 5.82 Å². The molecule has 0 radical (unpaired) electrons. The number of thiazole rings is 1. The highest BCUT2D eigenvalue weighted by Crippen LogP contribution is 2.26. The van der Waals surface area contributed by atoms with Crippen molar-refractivity contribution in [3.05, 3.63) is 51.7 Å². The van der Waals surface area contributed by atoms with Crippen LogP contribution in [0.2, 0.25) is 0 Å². The van der Waals surface area contributed by atoms with Gasteiger partial charge >= 0.3 is 0 Å². The first-order chi connectivity index (χ1) is 8.19. The summed E-state index contributed by atoms with van der Waals surface area (Å²) in [5, 5.41) is 1.90. The summed E-state index contributed by atoms with van der Waals surface area (Å²) < 4.78 is 13.2. The third kappa shape index (κ3) is 3.36. The van der Waals surface area contributed by atoms with E-state index < -0.39 is 0 Å². The van der Waals surface area contributed by atoms with Crippen molar-refractivity contribution in [3.63, 3.8) is 0 Å². The number of aryl methyl sites for hydroxylation is 1. The van der Waals surface area contributed by atoms with Gasteiger partial charge in [-0.05, 0) is 37.0 Å². The Balaban J connectivity index is 2.16. The molecule has 1 unspecified atom stereocenters. The zero-order chi connectivity index (χ0) is 12.3. The second-order valence-electron chi connectivity index (χ2n) is 3.96. The van der Waals surface area contributed by atoms with Gasteiger partial charge in [-0.25, -0.2) is 9.37 Å². The molecule has 17 heavy (non-hydrogen) atoms. The van der Waals surface area contributed by atoms with E-state index in [4.69, 9.17) is 0 Å². The highest BCUT2D eigenvalue weighted by molar-refractivity contribution is 9.09. The number of rotatable bonds is 4. The Morgan fingerprint density at radius 2 is 2.29 bits per heavy atom. The fraction of sp³-hybridized carbons (Fsp3) is 0.308. The molecule has 1 aromatic heterocycles. The molecule has 0 aliphatic heterocycles. The Morgan fingerprint density at radius 3 is 2.88 bits per heavy atom. The van der Waals surface area contributed by atoms with Crippen LogP contribution in [0.4, 0.5) is 4.39 Å². The van der Waals surface area contributed by atoms with Gasteiger partial charge in [-0.1, -0.05) is 28.1 Å². The molecule has 4 heteroatoms. The number of hydrogen-bond acceptors (Lipinski definition) is 2. The minimum Gasteiger partial charge on any atom is -0.250 e. The minimum absolute atomic E-state index is 0.172. The van der Waals surface area contributed by atoms with Gasteiger partial charge in [0.1, 0.15) is 5.82 Å². The predicted molar refractivity (Wildman–Crippen MR) is 73.5 cm³/mol. The lowest BCUT2D eigenvalue weighted by Gasteiger charge is -2.13. The number of aromatic nitrogens is 1. The summed E-state index contributed by atoms with van der Waals surface area (Å²) in [5.41, 5.74) is 1.04. The average Bonchev–Trinajstić information content (AvgIpc) is 2.72. The minimum atomic E-state index is -0.172. The van der Waals surface area contributed by atoms with E-state index in [0.717, 1.165) is 22.3 Å². The molecular formula is C13H13BrFNS. The van der Waals surface area contributed by atoms with Crippen molar-refractivity contribution < 1.29 is 4.39 Å². The second kappa shape index (κ2) is 5.74. The molecule has 90 valence electrons. The van der Waals surface area contributed by atoms with Crippen molar-refractivity contribution in [2.24, 2.45) is 0 Å². The van der Waals surface area contributed by atoms with Gasteiger partial charge < -0.3 is 0 Å². The lowest BCUT2D eigenvalue weighted by molar-refractivity contribution is 0.622. The maximum Gasteiger partial charge on any atom is 0.123 e. The Bertz CT molecular complexity index is 498. The second-order valence-corrected chi connectivity index (χ2v) is 5.92. The molecule has 2 aromatic rings. The molecule has 0 saturated carbocycles. The Kier molecular flexibility index (Phi) is 4.29. The number of halogens is 2. The fourth-order valence-corrected chi connectivity index (χ4v) is 3.24. The Labute approximate surface area is 113 Å². The molecular weight excluding hydrogens is 301 g/mol. The van der Waals surface area contributed by atoms with E-state index in [0.29, 0.717) is 5.92 Å². The molecule has 0 aliphatic carbocycles. The van der Waals surface area contributed by atoms with Gasteiger partial charge in [0.05, 0.1) is 5.01 Å². The maximum absolute atomic E-state index is 13.2. The number of nitrogens with zero attached hydrogens (tertiary/aromatic N) is 1. The Hall–Kier alpha value is -0.740. The summed E-state index contributed by atoms with van der Waals surface area (Å²) in [7, 11) is 0. The fourth-order valence-electron chi connectivity index (χ4n) is 1.76. The third-order valence-electron chi connectivity index (χ3n) is 2.62. The molecule has 0 N–H and O–H groups in total. The maximum atomic E-state index is 13.2. The van der Waals surface area contributed by atoms with Crippen LogP contribution in [0.1, 0.15) is 21.4 Å². The molecule has 1 heterocycles. The van der Waals surface area contributed by atoms with E-state index in [2.05, 4.69) is 20.9 Å². The molecule has 0 amide bonds. The summed E-state index contributed by atoms with van der Waals surface area (Å²) in [5.74, 6) is 0.125. The molecule has 2 rings (SSSR count). The molecule has 0 aliphatic rings.